The Morgan fingerprint density at radius 2 is 0.477 bits per heavy atom. The van der Waals surface area contributed by atoms with Crippen LogP contribution in [0.1, 0.15) is 105 Å². The first-order valence-electron chi connectivity index (χ1n) is 19.5. The van der Waals surface area contributed by atoms with E-state index in [4.69, 9.17) is 0 Å². The van der Waals surface area contributed by atoms with Crippen molar-refractivity contribution in [2.45, 2.75) is 154 Å². The third-order valence-electron chi connectivity index (χ3n) is 16.0. The summed E-state index contributed by atoms with van der Waals surface area (Å²) in [4.78, 5) is 0. The molecule has 5 heterocycles. The first-order chi connectivity index (χ1) is 21.5. The molecule has 4 aliphatic carbocycles. The molecule has 0 aromatic heterocycles. The SMILES string of the molecule is CC1C(C)C(C)C2C3NC4NC(NC5NC(NC6NC(NC(N3)C2C1C)C1CCCCC61)C1CCCCC51)C1CCCCC41. The molecule has 0 amide bonds. The van der Waals surface area contributed by atoms with Gasteiger partial charge < -0.3 is 0 Å². The van der Waals surface area contributed by atoms with Crippen LogP contribution in [0.15, 0.2) is 0 Å². The van der Waals surface area contributed by atoms with Crippen LogP contribution < -0.4 is 42.5 Å². The number of nitrogens with one attached hydrogen (secondary N) is 8. The van der Waals surface area contributed by atoms with Crippen molar-refractivity contribution < 1.29 is 0 Å². The molecule has 20 atom stereocenters. The second-order valence-corrected chi connectivity index (χ2v) is 17.6. The number of hydrogen-bond acceptors (Lipinski definition) is 8. The van der Waals surface area contributed by atoms with Gasteiger partial charge in [-0.25, -0.2) is 0 Å². The number of hydrogen-bond donors (Lipinski definition) is 8. The van der Waals surface area contributed by atoms with Gasteiger partial charge in [-0.1, -0.05) is 66.2 Å². The van der Waals surface area contributed by atoms with Crippen molar-refractivity contribution in [2.75, 3.05) is 0 Å². The molecule has 20 unspecified atom stereocenters. The molecule has 8 nitrogen and oxygen atoms in total. The van der Waals surface area contributed by atoms with Gasteiger partial charge in [-0.05, 0) is 110 Å². The predicted molar refractivity (Wildman–Crippen MR) is 175 cm³/mol. The maximum atomic E-state index is 4.35. The van der Waals surface area contributed by atoms with E-state index >= 15 is 0 Å². The molecule has 0 aromatic carbocycles. The van der Waals surface area contributed by atoms with Gasteiger partial charge in [0.05, 0.1) is 49.3 Å². The van der Waals surface area contributed by atoms with E-state index in [9.17, 15) is 0 Å². The Bertz CT molecular complexity index is 964. The van der Waals surface area contributed by atoms with Crippen LogP contribution in [-0.2, 0) is 0 Å². The lowest BCUT2D eigenvalue weighted by Gasteiger charge is -2.48. The standard InChI is InChI=1S/C36H64N8/c1-17-18(2)20(4)28-27(19(17)3)35-42-33-25-15-9-7-13-23(25)31(40-33)38-29-21-11-5-6-12-22(21)30(37-29)39-32-24-14-8-10-16-26(24)34(41-32)43-36(28)44-35/h17-44H,5-16H2,1-4H3. The second kappa shape index (κ2) is 11.7. The van der Waals surface area contributed by atoms with Gasteiger partial charge in [-0.15, -0.1) is 0 Å². The molecule has 5 saturated heterocycles. The third kappa shape index (κ3) is 4.74. The third-order valence-corrected chi connectivity index (χ3v) is 16.0. The molecule has 9 rings (SSSR count). The minimum absolute atomic E-state index is 0.353. The van der Waals surface area contributed by atoms with Crippen LogP contribution >= 0.6 is 0 Å². The van der Waals surface area contributed by atoms with E-state index in [-0.39, 0.29) is 0 Å². The van der Waals surface area contributed by atoms with Crippen molar-refractivity contribution in [3.05, 3.63) is 0 Å². The maximum absolute atomic E-state index is 4.35. The van der Waals surface area contributed by atoms with Crippen LogP contribution in [-0.4, -0.2) is 49.3 Å². The normalized spacial score (nSPS) is 60.3. The molecule has 5 aliphatic heterocycles. The highest BCUT2D eigenvalue weighted by Crippen LogP contribution is 2.51. The topological polar surface area (TPSA) is 96.2 Å². The Morgan fingerprint density at radius 3 is 0.727 bits per heavy atom. The Morgan fingerprint density at radius 1 is 0.273 bits per heavy atom. The van der Waals surface area contributed by atoms with Crippen molar-refractivity contribution in [1.29, 1.82) is 0 Å². The Kier molecular flexibility index (Phi) is 7.91. The molecule has 9 aliphatic rings. The van der Waals surface area contributed by atoms with E-state index in [0.717, 1.165) is 47.3 Å². The molecular formula is C36H64N8. The van der Waals surface area contributed by atoms with Crippen LogP contribution in [0.4, 0.5) is 0 Å². The van der Waals surface area contributed by atoms with E-state index < -0.39 is 0 Å². The molecule has 8 N–H and O–H groups in total. The van der Waals surface area contributed by atoms with Gasteiger partial charge in [0.2, 0.25) is 0 Å². The Balaban J connectivity index is 1.08. The van der Waals surface area contributed by atoms with E-state index in [1.165, 1.54) is 77.0 Å². The van der Waals surface area contributed by atoms with Crippen LogP contribution in [0, 0.1) is 71.0 Å². The fourth-order valence-electron chi connectivity index (χ4n) is 13.3. The quantitative estimate of drug-likeness (QED) is 0.212. The minimum atomic E-state index is 0.353. The predicted octanol–water partition coefficient (Wildman–Crippen LogP) is 3.59. The van der Waals surface area contributed by atoms with Gasteiger partial charge in [0.1, 0.15) is 0 Å². The number of fused-ring (bicyclic) bond motifs is 20. The van der Waals surface area contributed by atoms with Crippen molar-refractivity contribution in [3.63, 3.8) is 0 Å². The highest BCUT2D eigenvalue weighted by molar-refractivity contribution is 5.10. The fraction of sp³-hybridized carbons (Fsp3) is 1.00. The lowest BCUT2D eigenvalue weighted by Crippen LogP contribution is -2.62. The molecule has 248 valence electrons. The van der Waals surface area contributed by atoms with Crippen molar-refractivity contribution in [3.8, 4) is 0 Å². The molecular weight excluding hydrogens is 544 g/mol. The molecule has 8 bridgehead atoms. The van der Waals surface area contributed by atoms with E-state index in [0.29, 0.717) is 73.0 Å². The molecule has 9 fully saturated rings. The summed E-state index contributed by atoms with van der Waals surface area (Å²) in [5, 5.41) is 34.2. The van der Waals surface area contributed by atoms with Gasteiger partial charge in [0.15, 0.2) is 0 Å². The van der Waals surface area contributed by atoms with E-state index in [1.807, 2.05) is 0 Å². The first-order valence-corrected chi connectivity index (χ1v) is 19.5. The van der Waals surface area contributed by atoms with Gasteiger partial charge in [0, 0.05) is 0 Å². The van der Waals surface area contributed by atoms with E-state index in [1.54, 1.807) is 0 Å². The molecule has 0 aromatic rings. The smallest absolute Gasteiger partial charge is 0.0631 e. The average molecular weight is 609 g/mol. The summed E-state index contributed by atoms with van der Waals surface area (Å²) in [6.07, 6.45) is 19.6. The van der Waals surface area contributed by atoms with Crippen molar-refractivity contribution in [1.82, 2.24) is 42.5 Å². The first kappa shape index (κ1) is 29.8. The van der Waals surface area contributed by atoms with Gasteiger partial charge in [0.25, 0.3) is 0 Å². The monoisotopic (exact) mass is 609 g/mol. The van der Waals surface area contributed by atoms with Crippen LogP contribution in [0.3, 0.4) is 0 Å². The minimum Gasteiger partial charge on any atom is -0.286 e. The highest BCUT2D eigenvalue weighted by atomic mass is 15.4. The average Bonchev–Trinajstić information content (AvgIpc) is 3.78. The summed E-state index contributed by atoms with van der Waals surface area (Å²) in [6.45, 7) is 10.2. The van der Waals surface area contributed by atoms with Crippen molar-refractivity contribution >= 4 is 0 Å². The molecule has 0 spiro atoms. The summed E-state index contributed by atoms with van der Waals surface area (Å²) >= 11 is 0. The maximum Gasteiger partial charge on any atom is 0.0631 e. The zero-order valence-corrected chi connectivity index (χ0v) is 28.0. The largest absolute Gasteiger partial charge is 0.286 e. The summed E-state index contributed by atoms with van der Waals surface area (Å²) in [5.74, 6) is 8.57. The molecule has 44 heavy (non-hydrogen) atoms. The van der Waals surface area contributed by atoms with Crippen LogP contribution in [0.2, 0.25) is 0 Å². The second-order valence-electron chi connectivity index (χ2n) is 17.6. The zero-order chi connectivity index (χ0) is 29.7. The summed E-state index contributed by atoms with van der Waals surface area (Å²) < 4.78 is 0. The van der Waals surface area contributed by atoms with Gasteiger partial charge in [-0.2, -0.15) is 0 Å². The lowest BCUT2D eigenvalue weighted by molar-refractivity contribution is 0.00514. The fourth-order valence-corrected chi connectivity index (χ4v) is 13.3. The highest BCUT2D eigenvalue weighted by Gasteiger charge is 2.58. The Labute approximate surface area is 267 Å². The van der Waals surface area contributed by atoms with Crippen molar-refractivity contribution in [2.24, 2.45) is 71.0 Å². The van der Waals surface area contributed by atoms with E-state index in [2.05, 4.69) is 70.2 Å². The van der Waals surface area contributed by atoms with Crippen LogP contribution in [0.5, 0.6) is 0 Å². The Hall–Kier alpha value is -0.320. The van der Waals surface area contributed by atoms with Crippen LogP contribution in [0.25, 0.3) is 0 Å². The molecule has 8 heteroatoms. The molecule has 0 radical (unpaired) electrons. The molecule has 4 saturated carbocycles. The summed E-state index contributed by atoms with van der Waals surface area (Å²) in [5.41, 5.74) is 0. The lowest BCUT2D eigenvalue weighted by atomic mass is 9.58. The zero-order valence-electron chi connectivity index (χ0n) is 28.0. The summed E-state index contributed by atoms with van der Waals surface area (Å²) in [7, 11) is 0. The van der Waals surface area contributed by atoms with Gasteiger partial charge >= 0.3 is 0 Å². The summed E-state index contributed by atoms with van der Waals surface area (Å²) in [6, 6.07) is 0. The number of rotatable bonds is 0. The van der Waals surface area contributed by atoms with Gasteiger partial charge in [-0.3, -0.25) is 42.5 Å².